The lowest BCUT2D eigenvalue weighted by Crippen LogP contribution is -2.52. The molecule has 0 unspecified atom stereocenters. The molecule has 0 aromatic heterocycles. The number of hydrogen-bond acceptors (Lipinski definition) is 8. The first kappa shape index (κ1) is 36.7. The highest BCUT2D eigenvalue weighted by molar-refractivity contribution is 5.87. The molecule has 4 aromatic carbocycles. The lowest BCUT2D eigenvalue weighted by atomic mass is 9.67. The third-order valence-corrected chi connectivity index (χ3v) is 11.3. The Morgan fingerprint density at radius 1 is 0.537 bits per heavy atom. The van der Waals surface area contributed by atoms with Gasteiger partial charge in [0.05, 0.1) is 39.5 Å². The first-order valence-electron chi connectivity index (χ1n) is 18.7. The molecule has 54 heavy (non-hydrogen) atoms. The highest BCUT2D eigenvalue weighted by Crippen LogP contribution is 2.51. The first-order chi connectivity index (χ1) is 26.3. The van der Waals surface area contributed by atoms with E-state index in [4.69, 9.17) is 18.9 Å². The smallest absolute Gasteiger partial charge is 0.411 e. The topological polar surface area (TPSA) is 112 Å². The predicted molar refractivity (Wildman–Crippen MR) is 202 cm³/mol. The Morgan fingerprint density at radius 3 is 1.09 bits per heavy atom. The minimum absolute atomic E-state index is 0.0852. The number of amides is 2. The molecule has 0 radical (unpaired) electrons. The second-order valence-corrected chi connectivity index (χ2v) is 14.0. The van der Waals surface area contributed by atoms with Gasteiger partial charge in [0.2, 0.25) is 0 Å². The summed E-state index contributed by atoms with van der Waals surface area (Å²) in [6, 6.07) is 28.4. The molecule has 4 aromatic rings. The van der Waals surface area contributed by atoms with Crippen LogP contribution in [-0.4, -0.2) is 73.4 Å². The van der Waals surface area contributed by atoms with E-state index in [0.717, 1.165) is 57.3 Å². The van der Waals surface area contributed by atoms with Crippen LogP contribution in [0.15, 0.2) is 97.1 Å². The van der Waals surface area contributed by atoms with Crippen LogP contribution in [0.5, 0.6) is 0 Å². The Morgan fingerprint density at radius 2 is 0.833 bits per heavy atom. The van der Waals surface area contributed by atoms with Crippen LogP contribution in [0.2, 0.25) is 0 Å². The maximum absolute atomic E-state index is 14.0. The van der Waals surface area contributed by atoms with E-state index in [1.807, 2.05) is 97.1 Å². The lowest BCUT2D eigenvalue weighted by molar-refractivity contribution is -0.153. The molecule has 280 valence electrons. The van der Waals surface area contributed by atoms with Gasteiger partial charge < -0.3 is 18.9 Å². The van der Waals surface area contributed by atoms with Gasteiger partial charge in [-0.05, 0) is 95.9 Å². The maximum atomic E-state index is 14.0. The van der Waals surface area contributed by atoms with Crippen LogP contribution in [0.3, 0.4) is 0 Å². The maximum Gasteiger partial charge on any atom is 0.411 e. The molecule has 7 rings (SSSR count). The summed E-state index contributed by atoms with van der Waals surface area (Å²) in [6.45, 7) is 3.77. The van der Waals surface area contributed by atoms with Crippen molar-refractivity contribution in [1.82, 2.24) is 9.80 Å². The van der Waals surface area contributed by atoms with Crippen LogP contribution in [0, 0.1) is 11.8 Å². The SMILES string of the molecule is CCOC(=O)[C@H](C[C@H]1CC[C@H]1C[C@@H](C(=O)OCC)N(C(=O)OC)C1c2ccccc2-c2ccccc21)N(C(=O)OC)C1c2ccccc2-c2ccccc21. The summed E-state index contributed by atoms with van der Waals surface area (Å²) in [4.78, 5) is 58.9. The molecule has 3 aliphatic rings. The molecular weight excluding hydrogens is 684 g/mol. The summed E-state index contributed by atoms with van der Waals surface area (Å²) >= 11 is 0. The Kier molecular flexibility index (Phi) is 10.7. The zero-order valence-electron chi connectivity index (χ0n) is 31.1. The van der Waals surface area contributed by atoms with Crippen molar-refractivity contribution in [1.29, 1.82) is 0 Å². The van der Waals surface area contributed by atoms with Gasteiger partial charge in [-0.1, -0.05) is 97.1 Å². The van der Waals surface area contributed by atoms with Gasteiger partial charge in [-0.25, -0.2) is 19.2 Å². The van der Waals surface area contributed by atoms with E-state index in [-0.39, 0.29) is 37.9 Å². The highest BCUT2D eigenvalue weighted by Gasteiger charge is 2.49. The van der Waals surface area contributed by atoms with Crippen molar-refractivity contribution in [3.8, 4) is 22.3 Å². The monoisotopic (exact) mass is 730 g/mol. The van der Waals surface area contributed by atoms with Crippen molar-refractivity contribution >= 4 is 24.1 Å². The minimum atomic E-state index is -0.985. The Labute approximate surface area is 316 Å². The summed E-state index contributed by atoms with van der Waals surface area (Å²) in [6.07, 6.45) is 0.803. The van der Waals surface area contributed by atoms with E-state index in [1.54, 1.807) is 13.8 Å². The van der Waals surface area contributed by atoms with Crippen molar-refractivity contribution in [2.75, 3.05) is 27.4 Å². The molecule has 2 amide bonds. The summed E-state index contributed by atoms with van der Waals surface area (Å²) in [5.74, 6) is -1.21. The molecule has 0 spiro atoms. The van der Waals surface area contributed by atoms with Gasteiger partial charge in [0, 0.05) is 0 Å². The van der Waals surface area contributed by atoms with Crippen molar-refractivity contribution in [3.63, 3.8) is 0 Å². The Balaban J connectivity index is 1.24. The third-order valence-electron chi connectivity index (χ3n) is 11.3. The van der Waals surface area contributed by atoms with E-state index in [9.17, 15) is 19.2 Å². The van der Waals surface area contributed by atoms with E-state index in [0.29, 0.717) is 0 Å². The normalized spacial score (nSPS) is 17.8. The quantitative estimate of drug-likeness (QED) is 0.106. The van der Waals surface area contributed by atoms with Crippen LogP contribution < -0.4 is 0 Å². The third kappa shape index (κ3) is 6.48. The summed E-state index contributed by atoms with van der Waals surface area (Å²) in [7, 11) is 2.64. The molecule has 10 nitrogen and oxygen atoms in total. The average Bonchev–Trinajstić information content (AvgIpc) is 3.70. The van der Waals surface area contributed by atoms with Crippen molar-refractivity contribution in [2.24, 2.45) is 11.8 Å². The van der Waals surface area contributed by atoms with E-state index in [1.165, 1.54) is 24.0 Å². The summed E-state index contributed by atoms with van der Waals surface area (Å²) in [5, 5.41) is 0. The predicted octanol–water partition coefficient (Wildman–Crippen LogP) is 8.33. The van der Waals surface area contributed by atoms with Crippen LogP contribution in [0.4, 0.5) is 9.59 Å². The van der Waals surface area contributed by atoms with Crippen LogP contribution in [-0.2, 0) is 28.5 Å². The highest BCUT2D eigenvalue weighted by atomic mass is 16.6. The summed E-state index contributed by atoms with van der Waals surface area (Å²) in [5.41, 5.74) is 7.57. The molecule has 10 heteroatoms. The molecule has 0 heterocycles. The van der Waals surface area contributed by atoms with Gasteiger partial charge in [-0.2, -0.15) is 0 Å². The zero-order valence-corrected chi connectivity index (χ0v) is 31.1. The average molecular weight is 731 g/mol. The van der Waals surface area contributed by atoms with Crippen molar-refractivity contribution in [2.45, 2.75) is 63.7 Å². The van der Waals surface area contributed by atoms with Gasteiger partial charge in [0.15, 0.2) is 0 Å². The number of ether oxygens (including phenoxy) is 4. The molecule has 0 bridgehead atoms. The molecule has 0 N–H and O–H groups in total. The summed E-state index contributed by atoms with van der Waals surface area (Å²) < 4.78 is 22.1. The standard InChI is InChI=1S/C44H46N2O8/c1-5-53-41(47)37(45(43(49)51-3)39-33-19-11-7-15-29(33)30-16-8-12-20-34(30)39)25-27-23-24-28(27)26-38(42(48)54-6-2)46(44(50)52-4)40-35-21-13-9-17-31(35)32-18-10-14-22-36(32)40/h7-22,27-28,37-40H,5-6,23-26H2,1-4H3/t27-,28+,37-,38-/m0/s1. The number of methoxy groups -OCH3 is 2. The van der Waals surface area contributed by atoms with Crippen LogP contribution in [0.25, 0.3) is 22.3 Å². The van der Waals surface area contributed by atoms with Crippen molar-refractivity contribution in [3.05, 3.63) is 119 Å². The fourth-order valence-corrected chi connectivity index (χ4v) is 8.85. The first-order valence-corrected chi connectivity index (χ1v) is 18.7. The number of carbonyl (C=O) groups is 4. The fourth-order valence-electron chi connectivity index (χ4n) is 8.85. The molecule has 0 saturated heterocycles. The molecule has 3 aliphatic carbocycles. The number of carbonyl (C=O) groups excluding carboxylic acids is 4. The molecular formula is C44H46N2O8. The Bertz CT molecular complexity index is 1810. The minimum Gasteiger partial charge on any atom is -0.464 e. The molecule has 1 fully saturated rings. The van der Waals surface area contributed by atoms with Crippen LogP contribution >= 0.6 is 0 Å². The second kappa shape index (κ2) is 15.8. The lowest BCUT2D eigenvalue weighted by Gasteiger charge is -2.44. The van der Waals surface area contributed by atoms with Gasteiger partial charge in [0.25, 0.3) is 0 Å². The molecule has 0 aliphatic heterocycles. The molecule has 1 saturated carbocycles. The number of benzene rings is 4. The van der Waals surface area contributed by atoms with Crippen LogP contribution in [0.1, 0.15) is 73.9 Å². The Hall–Kier alpha value is -5.64. The number of fused-ring (bicyclic) bond motifs is 6. The largest absolute Gasteiger partial charge is 0.464 e. The van der Waals surface area contributed by atoms with E-state index >= 15 is 0 Å². The number of hydrogen-bond donors (Lipinski definition) is 0. The van der Waals surface area contributed by atoms with Gasteiger partial charge >= 0.3 is 24.1 Å². The number of rotatable bonds is 12. The van der Waals surface area contributed by atoms with Crippen molar-refractivity contribution < 1.29 is 38.1 Å². The number of nitrogens with zero attached hydrogens (tertiary/aromatic N) is 2. The second-order valence-electron chi connectivity index (χ2n) is 14.0. The zero-order chi connectivity index (χ0) is 37.9. The van der Waals surface area contributed by atoms with E-state index in [2.05, 4.69) is 0 Å². The fraction of sp³-hybridized carbons (Fsp3) is 0.364. The van der Waals surface area contributed by atoms with Gasteiger partial charge in [-0.3, -0.25) is 9.80 Å². The molecule has 4 atom stereocenters. The number of esters is 2. The van der Waals surface area contributed by atoms with E-state index < -0.39 is 48.3 Å². The van der Waals surface area contributed by atoms with Gasteiger partial charge in [0.1, 0.15) is 12.1 Å². The van der Waals surface area contributed by atoms with Gasteiger partial charge in [-0.15, -0.1) is 0 Å².